The summed E-state index contributed by atoms with van der Waals surface area (Å²) < 4.78 is 32.6. The molecule has 51 heavy (non-hydrogen) atoms. The van der Waals surface area contributed by atoms with Gasteiger partial charge in [-0.2, -0.15) is 0 Å². The zero-order valence-electron chi connectivity index (χ0n) is 32.6. The number of esters is 2. The number of hydrogen-bond acceptors (Lipinski definition) is 9. The molecular formula is C40H77O10P. The van der Waals surface area contributed by atoms with Crippen LogP contribution in [0.25, 0.3) is 0 Å². The Kier molecular flexibility index (Phi) is 36.1. The third-order valence-electron chi connectivity index (χ3n) is 8.92. The van der Waals surface area contributed by atoms with E-state index in [0.29, 0.717) is 12.8 Å². The van der Waals surface area contributed by atoms with Crippen molar-refractivity contribution in [2.24, 2.45) is 0 Å². The first kappa shape index (κ1) is 49.7. The van der Waals surface area contributed by atoms with E-state index in [2.05, 4.69) is 30.5 Å². The molecule has 0 heterocycles. The van der Waals surface area contributed by atoms with Crippen LogP contribution in [0.2, 0.25) is 0 Å². The smallest absolute Gasteiger partial charge is 0.462 e. The summed E-state index contributed by atoms with van der Waals surface area (Å²) >= 11 is 0. The molecule has 3 N–H and O–H groups in total. The Morgan fingerprint density at radius 2 is 0.961 bits per heavy atom. The van der Waals surface area contributed by atoms with Gasteiger partial charge in [0.1, 0.15) is 12.7 Å². The fourth-order valence-electron chi connectivity index (χ4n) is 5.69. The molecule has 3 atom stereocenters. The van der Waals surface area contributed by atoms with Crippen molar-refractivity contribution in [2.45, 2.75) is 206 Å². The molecule has 0 radical (unpaired) electrons. The van der Waals surface area contributed by atoms with Crippen molar-refractivity contribution in [3.05, 3.63) is 12.2 Å². The predicted octanol–water partition coefficient (Wildman–Crippen LogP) is 10.4. The van der Waals surface area contributed by atoms with Gasteiger partial charge in [-0.3, -0.25) is 18.6 Å². The molecule has 0 bridgehead atoms. The van der Waals surface area contributed by atoms with Crippen LogP contribution in [-0.2, 0) is 32.7 Å². The highest BCUT2D eigenvalue weighted by Gasteiger charge is 2.27. The third kappa shape index (κ3) is 36.8. The molecule has 302 valence electrons. The standard InChI is InChI=1S/C40H77O10P/c1-3-5-7-9-11-13-15-17-18-19-20-22-23-25-27-29-31-39(43)47-35-38(36-49-51(45,46)48-34-37(42)33-41)50-40(44)32-30-28-26-24-21-16-14-12-10-8-6-4-2/h12,14,37-38,41-42H,3-11,13,15-36H2,1-2H3,(H,45,46)/b14-12+/t37-,38-/m1/s1. The highest BCUT2D eigenvalue weighted by molar-refractivity contribution is 7.47. The summed E-state index contributed by atoms with van der Waals surface area (Å²) in [6, 6.07) is 0. The zero-order valence-corrected chi connectivity index (χ0v) is 33.5. The fraction of sp³-hybridized carbons (Fsp3) is 0.900. The SMILES string of the molecule is CCCCC/C=C/CCCCCCCC(=O)O[C@H](COC(=O)CCCCCCCCCCCCCCCCCC)COP(=O)(O)OC[C@H](O)CO. The number of unbranched alkanes of at least 4 members (excludes halogenated alkanes) is 23. The summed E-state index contributed by atoms with van der Waals surface area (Å²) in [5, 5.41) is 18.3. The number of phosphoric acid groups is 1. The first-order valence-electron chi connectivity index (χ1n) is 20.6. The van der Waals surface area contributed by atoms with Crippen LogP contribution in [0.5, 0.6) is 0 Å². The normalized spacial score (nSPS) is 14.1. The third-order valence-corrected chi connectivity index (χ3v) is 9.87. The summed E-state index contributed by atoms with van der Waals surface area (Å²) in [4.78, 5) is 34.9. The highest BCUT2D eigenvalue weighted by Crippen LogP contribution is 2.43. The van der Waals surface area contributed by atoms with Crippen molar-refractivity contribution >= 4 is 19.8 Å². The average molecular weight is 749 g/mol. The van der Waals surface area contributed by atoms with Crippen LogP contribution in [0, 0.1) is 0 Å². The highest BCUT2D eigenvalue weighted by atomic mass is 31.2. The van der Waals surface area contributed by atoms with Crippen molar-refractivity contribution in [2.75, 3.05) is 26.4 Å². The molecule has 0 aliphatic heterocycles. The van der Waals surface area contributed by atoms with Crippen LogP contribution in [0.3, 0.4) is 0 Å². The van der Waals surface area contributed by atoms with E-state index in [1.807, 2.05) is 0 Å². The molecule has 0 aromatic heterocycles. The van der Waals surface area contributed by atoms with E-state index in [1.54, 1.807) is 0 Å². The minimum Gasteiger partial charge on any atom is -0.462 e. The lowest BCUT2D eigenvalue weighted by atomic mass is 10.0. The monoisotopic (exact) mass is 749 g/mol. The van der Waals surface area contributed by atoms with E-state index < -0.39 is 51.8 Å². The maximum atomic E-state index is 12.5. The number of aliphatic hydroxyl groups excluding tert-OH is 2. The number of phosphoric ester groups is 1. The predicted molar refractivity (Wildman–Crippen MR) is 205 cm³/mol. The van der Waals surface area contributed by atoms with Crippen molar-refractivity contribution in [1.29, 1.82) is 0 Å². The van der Waals surface area contributed by atoms with Crippen molar-refractivity contribution in [3.63, 3.8) is 0 Å². The Bertz CT molecular complexity index is 868. The first-order chi connectivity index (χ1) is 24.7. The van der Waals surface area contributed by atoms with E-state index >= 15 is 0 Å². The maximum absolute atomic E-state index is 12.5. The van der Waals surface area contributed by atoms with E-state index in [1.165, 1.54) is 96.3 Å². The van der Waals surface area contributed by atoms with Gasteiger partial charge in [-0.05, 0) is 38.5 Å². The molecule has 0 aromatic rings. The van der Waals surface area contributed by atoms with E-state index in [9.17, 15) is 24.2 Å². The van der Waals surface area contributed by atoms with E-state index in [-0.39, 0.29) is 19.4 Å². The summed E-state index contributed by atoms with van der Waals surface area (Å²) in [6.45, 7) is 2.36. The number of rotatable bonds is 39. The molecule has 0 aromatic carbocycles. The van der Waals surface area contributed by atoms with Gasteiger partial charge in [-0.25, -0.2) is 4.57 Å². The zero-order chi connectivity index (χ0) is 37.7. The lowest BCUT2D eigenvalue weighted by Crippen LogP contribution is -2.29. The van der Waals surface area contributed by atoms with Gasteiger partial charge in [0.2, 0.25) is 0 Å². The first-order valence-corrected chi connectivity index (χ1v) is 22.1. The molecule has 0 saturated heterocycles. The number of aliphatic hydroxyl groups is 2. The van der Waals surface area contributed by atoms with Gasteiger partial charge in [0, 0.05) is 12.8 Å². The topological polar surface area (TPSA) is 149 Å². The van der Waals surface area contributed by atoms with E-state index in [0.717, 1.165) is 57.8 Å². The number of ether oxygens (including phenoxy) is 2. The lowest BCUT2D eigenvalue weighted by molar-refractivity contribution is -0.161. The van der Waals surface area contributed by atoms with E-state index in [4.69, 9.17) is 19.1 Å². The average Bonchev–Trinajstić information content (AvgIpc) is 3.12. The summed E-state index contributed by atoms with van der Waals surface area (Å²) in [6.07, 6.45) is 33.2. The summed E-state index contributed by atoms with van der Waals surface area (Å²) in [7, 11) is -4.61. The fourth-order valence-corrected chi connectivity index (χ4v) is 6.48. The molecule has 10 nitrogen and oxygen atoms in total. The van der Waals surface area contributed by atoms with Crippen LogP contribution < -0.4 is 0 Å². The number of hydrogen-bond donors (Lipinski definition) is 3. The Balaban J connectivity index is 4.28. The van der Waals surface area contributed by atoms with Crippen molar-refractivity contribution in [3.8, 4) is 0 Å². The van der Waals surface area contributed by atoms with Crippen LogP contribution in [0.4, 0.5) is 0 Å². The van der Waals surface area contributed by atoms with Gasteiger partial charge in [-0.1, -0.05) is 154 Å². The van der Waals surface area contributed by atoms with Gasteiger partial charge in [0.15, 0.2) is 6.10 Å². The number of allylic oxidation sites excluding steroid dienone is 2. The maximum Gasteiger partial charge on any atom is 0.472 e. The number of carbonyl (C=O) groups excluding carboxylic acids is 2. The Morgan fingerprint density at radius 1 is 0.569 bits per heavy atom. The molecule has 1 unspecified atom stereocenters. The van der Waals surface area contributed by atoms with Crippen molar-refractivity contribution < 1.29 is 47.8 Å². The van der Waals surface area contributed by atoms with Gasteiger partial charge in [0.05, 0.1) is 19.8 Å². The summed E-state index contributed by atoms with van der Waals surface area (Å²) in [5.41, 5.74) is 0. The number of carbonyl (C=O) groups is 2. The Hall–Kier alpha value is -1.29. The van der Waals surface area contributed by atoms with Gasteiger partial charge < -0.3 is 24.6 Å². The van der Waals surface area contributed by atoms with Crippen LogP contribution in [-0.4, -0.2) is 65.7 Å². The molecule has 11 heteroatoms. The second kappa shape index (κ2) is 37.0. The molecule has 0 rings (SSSR count). The van der Waals surface area contributed by atoms with Crippen LogP contribution >= 0.6 is 7.82 Å². The molecule has 0 aliphatic rings. The molecule has 0 aliphatic carbocycles. The molecule has 0 saturated carbocycles. The second-order valence-electron chi connectivity index (χ2n) is 14.0. The van der Waals surface area contributed by atoms with Gasteiger partial charge in [0.25, 0.3) is 0 Å². The van der Waals surface area contributed by atoms with Gasteiger partial charge in [-0.15, -0.1) is 0 Å². The minimum absolute atomic E-state index is 0.178. The summed E-state index contributed by atoms with van der Waals surface area (Å²) in [5.74, 6) is -0.927. The lowest BCUT2D eigenvalue weighted by Gasteiger charge is -2.20. The molecule has 0 spiro atoms. The Labute approximate surface area is 311 Å². The molecule has 0 fully saturated rings. The van der Waals surface area contributed by atoms with Gasteiger partial charge >= 0.3 is 19.8 Å². The Morgan fingerprint density at radius 3 is 1.45 bits per heavy atom. The van der Waals surface area contributed by atoms with Crippen molar-refractivity contribution in [1.82, 2.24) is 0 Å². The molecular weight excluding hydrogens is 671 g/mol. The largest absolute Gasteiger partial charge is 0.472 e. The molecule has 0 amide bonds. The van der Waals surface area contributed by atoms with Crippen LogP contribution in [0.15, 0.2) is 12.2 Å². The minimum atomic E-state index is -4.61. The van der Waals surface area contributed by atoms with Crippen LogP contribution in [0.1, 0.15) is 194 Å². The quantitative estimate of drug-likeness (QED) is 0.0240. The second-order valence-corrected chi connectivity index (χ2v) is 15.5.